The molecule has 1 atom stereocenters. The quantitative estimate of drug-likeness (QED) is 0.873. The zero-order chi connectivity index (χ0) is 14.4. The fourth-order valence-corrected chi connectivity index (χ4v) is 2.80. The van der Waals surface area contributed by atoms with Crippen molar-refractivity contribution in [3.05, 3.63) is 53.6 Å². The van der Waals surface area contributed by atoms with Gasteiger partial charge in [0.2, 0.25) is 6.79 Å². The van der Waals surface area contributed by atoms with Crippen molar-refractivity contribution in [1.29, 1.82) is 0 Å². The zero-order valence-electron chi connectivity index (χ0n) is 11.5. The average molecular weight is 282 g/mol. The summed E-state index contributed by atoms with van der Waals surface area (Å²) in [6.45, 7) is 0.216. The fraction of sp³-hybridized carbons (Fsp3) is 0.188. The number of anilines is 1. The second-order valence-electron chi connectivity index (χ2n) is 5.09. The molecule has 0 aromatic heterocycles. The van der Waals surface area contributed by atoms with E-state index in [1.165, 1.54) is 0 Å². The maximum atomic E-state index is 12.5. The lowest BCUT2D eigenvalue weighted by molar-refractivity contribution is 0.0733. The van der Waals surface area contributed by atoms with Gasteiger partial charge in [0.1, 0.15) is 6.17 Å². The first kappa shape index (κ1) is 12.1. The number of hydrogen-bond acceptors (Lipinski definition) is 4. The highest BCUT2D eigenvalue weighted by Gasteiger charge is 2.33. The van der Waals surface area contributed by atoms with Gasteiger partial charge in [-0.25, -0.2) is 0 Å². The van der Waals surface area contributed by atoms with Crippen LogP contribution in [0.3, 0.4) is 0 Å². The summed E-state index contributed by atoms with van der Waals surface area (Å²) < 4.78 is 11.0. The molecule has 0 fully saturated rings. The van der Waals surface area contributed by atoms with Crippen LogP contribution in [0.2, 0.25) is 0 Å². The van der Waals surface area contributed by atoms with E-state index in [4.69, 9.17) is 9.47 Å². The van der Waals surface area contributed by atoms with Crippen molar-refractivity contribution in [2.75, 3.05) is 19.2 Å². The molecule has 2 aromatic rings. The van der Waals surface area contributed by atoms with Crippen LogP contribution in [-0.4, -0.2) is 24.6 Å². The molecule has 2 heterocycles. The number of fused-ring (bicyclic) bond motifs is 2. The third kappa shape index (κ3) is 1.74. The molecule has 0 unspecified atom stereocenters. The van der Waals surface area contributed by atoms with E-state index in [1.54, 1.807) is 11.9 Å². The van der Waals surface area contributed by atoms with Crippen LogP contribution in [0, 0.1) is 0 Å². The minimum Gasteiger partial charge on any atom is -0.454 e. The summed E-state index contributed by atoms with van der Waals surface area (Å²) in [5, 5.41) is 3.39. The molecule has 2 aliphatic rings. The van der Waals surface area contributed by atoms with E-state index in [2.05, 4.69) is 5.32 Å². The highest BCUT2D eigenvalue weighted by molar-refractivity contribution is 6.01. The van der Waals surface area contributed by atoms with Crippen molar-refractivity contribution in [3.63, 3.8) is 0 Å². The molecule has 0 saturated carbocycles. The van der Waals surface area contributed by atoms with E-state index in [9.17, 15) is 4.79 Å². The van der Waals surface area contributed by atoms with Gasteiger partial charge in [0, 0.05) is 18.3 Å². The van der Waals surface area contributed by atoms with Gasteiger partial charge in [-0.15, -0.1) is 0 Å². The Balaban J connectivity index is 1.81. The highest BCUT2D eigenvalue weighted by Crippen LogP contribution is 2.42. The zero-order valence-corrected chi connectivity index (χ0v) is 11.5. The Morgan fingerprint density at radius 1 is 1.14 bits per heavy atom. The van der Waals surface area contributed by atoms with E-state index in [0.717, 1.165) is 11.3 Å². The summed E-state index contributed by atoms with van der Waals surface area (Å²) in [6, 6.07) is 13.2. The predicted molar refractivity (Wildman–Crippen MR) is 77.5 cm³/mol. The molecule has 0 radical (unpaired) electrons. The molecule has 0 spiro atoms. The minimum absolute atomic E-state index is 0.00846. The maximum absolute atomic E-state index is 12.5. The van der Waals surface area contributed by atoms with Crippen molar-refractivity contribution in [2.45, 2.75) is 6.17 Å². The normalized spacial score (nSPS) is 19.2. The molecular weight excluding hydrogens is 268 g/mol. The van der Waals surface area contributed by atoms with Gasteiger partial charge in [0.05, 0.1) is 5.56 Å². The van der Waals surface area contributed by atoms with E-state index in [0.29, 0.717) is 17.1 Å². The van der Waals surface area contributed by atoms with E-state index < -0.39 is 0 Å². The summed E-state index contributed by atoms with van der Waals surface area (Å²) in [5.74, 6) is 1.41. The lowest BCUT2D eigenvalue weighted by Gasteiger charge is -2.35. The molecule has 2 aliphatic heterocycles. The largest absolute Gasteiger partial charge is 0.454 e. The lowest BCUT2D eigenvalue weighted by atomic mass is 10.0. The van der Waals surface area contributed by atoms with Crippen LogP contribution in [0.4, 0.5) is 5.69 Å². The topological polar surface area (TPSA) is 50.8 Å². The van der Waals surface area contributed by atoms with Gasteiger partial charge in [0.15, 0.2) is 11.5 Å². The Labute approximate surface area is 122 Å². The first-order valence-corrected chi connectivity index (χ1v) is 6.77. The third-order valence-corrected chi connectivity index (χ3v) is 3.88. The van der Waals surface area contributed by atoms with E-state index in [1.807, 2.05) is 42.5 Å². The van der Waals surface area contributed by atoms with Crippen molar-refractivity contribution < 1.29 is 14.3 Å². The van der Waals surface area contributed by atoms with E-state index in [-0.39, 0.29) is 18.9 Å². The number of nitrogens with one attached hydrogen (secondary N) is 1. The molecular formula is C16H14N2O3. The Morgan fingerprint density at radius 3 is 2.90 bits per heavy atom. The van der Waals surface area contributed by atoms with Crippen molar-refractivity contribution >= 4 is 11.6 Å². The number of rotatable bonds is 1. The van der Waals surface area contributed by atoms with Crippen molar-refractivity contribution in [2.24, 2.45) is 0 Å². The summed E-state index contributed by atoms with van der Waals surface area (Å²) in [5.41, 5.74) is 2.42. The molecule has 4 rings (SSSR count). The molecule has 21 heavy (non-hydrogen) atoms. The number of carbonyl (C=O) groups excluding carboxylic acids is 1. The minimum atomic E-state index is -0.274. The average Bonchev–Trinajstić information content (AvgIpc) is 2.99. The van der Waals surface area contributed by atoms with Gasteiger partial charge in [-0.05, 0) is 18.2 Å². The first-order valence-electron chi connectivity index (χ1n) is 6.77. The highest BCUT2D eigenvalue weighted by atomic mass is 16.7. The van der Waals surface area contributed by atoms with Gasteiger partial charge < -0.3 is 19.7 Å². The van der Waals surface area contributed by atoms with Crippen LogP contribution in [0.15, 0.2) is 42.5 Å². The number of benzene rings is 2. The molecule has 5 heteroatoms. The Bertz CT molecular complexity index is 729. The SMILES string of the molecule is CN1C(=O)c2ccccc2N[C@H]1c1cccc2c1OCO2. The molecule has 2 aromatic carbocycles. The van der Waals surface area contributed by atoms with Crippen molar-refractivity contribution in [3.8, 4) is 11.5 Å². The van der Waals surface area contributed by atoms with Crippen LogP contribution in [0.1, 0.15) is 22.1 Å². The van der Waals surface area contributed by atoms with Gasteiger partial charge in [-0.2, -0.15) is 0 Å². The predicted octanol–water partition coefficient (Wildman–Crippen LogP) is 2.61. The number of ether oxygens (including phenoxy) is 2. The van der Waals surface area contributed by atoms with Crippen LogP contribution in [-0.2, 0) is 0 Å². The lowest BCUT2D eigenvalue weighted by Crippen LogP contribution is -2.40. The summed E-state index contributed by atoms with van der Waals surface area (Å²) in [4.78, 5) is 14.2. The smallest absolute Gasteiger partial charge is 0.257 e. The van der Waals surface area contributed by atoms with Crippen LogP contribution < -0.4 is 14.8 Å². The van der Waals surface area contributed by atoms with Crippen LogP contribution >= 0.6 is 0 Å². The van der Waals surface area contributed by atoms with Crippen LogP contribution in [0.25, 0.3) is 0 Å². The van der Waals surface area contributed by atoms with Gasteiger partial charge >= 0.3 is 0 Å². The van der Waals surface area contributed by atoms with E-state index >= 15 is 0 Å². The summed E-state index contributed by atoms with van der Waals surface area (Å²) >= 11 is 0. The summed E-state index contributed by atoms with van der Waals surface area (Å²) in [7, 11) is 1.78. The molecule has 106 valence electrons. The standard InChI is InChI=1S/C16H14N2O3/c1-18-15(11-6-4-8-13-14(11)21-9-20-13)17-12-7-3-2-5-10(12)16(18)19/h2-8,15,17H,9H2,1H3/t15-/m1/s1. The number of hydrogen-bond donors (Lipinski definition) is 1. The number of para-hydroxylation sites is 2. The Hall–Kier alpha value is -2.69. The number of nitrogens with zero attached hydrogens (tertiary/aromatic N) is 1. The molecule has 0 aliphatic carbocycles. The molecule has 1 amide bonds. The summed E-state index contributed by atoms with van der Waals surface area (Å²) in [6.07, 6.45) is -0.274. The Kier molecular flexibility index (Phi) is 2.54. The number of amides is 1. The molecule has 1 N–H and O–H groups in total. The monoisotopic (exact) mass is 282 g/mol. The second kappa shape index (κ2) is 4.41. The number of carbonyl (C=O) groups is 1. The van der Waals surface area contributed by atoms with Crippen LogP contribution in [0.5, 0.6) is 11.5 Å². The molecule has 5 nitrogen and oxygen atoms in total. The van der Waals surface area contributed by atoms with Gasteiger partial charge in [-0.1, -0.05) is 24.3 Å². The van der Waals surface area contributed by atoms with Gasteiger partial charge in [-0.3, -0.25) is 4.79 Å². The Morgan fingerprint density at radius 2 is 2.00 bits per heavy atom. The molecule has 0 bridgehead atoms. The fourth-order valence-electron chi connectivity index (χ4n) is 2.80. The second-order valence-corrected chi connectivity index (χ2v) is 5.09. The van der Waals surface area contributed by atoms with Gasteiger partial charge in [0.25, 0.3) is 5.91 Å². The maximum Gasteiger partial charge on any atom is 0.257 e. The molecule has 0 saturated heterocycles. The van der Waals surface area contributed by atoms with Crippen molar-refractivity contribution in [1.82, 2.24) is 4.90 Å². The third-order valence-electron chi connectivity index (χ3n) is 3.88. The first-order chi connectivity index (χ1) is 10.3.